The Labute approximate surface area is 187 Å². The van der Waals surface area contributed by atoms with Gasteiger partial charge in [-0.3, -0.25) is 4.79 Å². The summed E-state index contributed by atoms with van der Waals surface area (Å²) in [7, 11) is -1.99. The molecule has 0 saturated heterocycles. The van der Waals surface area contributed by atoms with Crippen LogP contribution < -0.4 is 10.3 Å². The first-order valence-corrected chi connectivity index (χ1v) is 14.2. The molecule has 3 rings (SSSR count). The van der Waals surface area contributed by atoms with Gasteiger partial charge >= 0.3 is 0 Å². The largest absolute Gasteiger partial charge is 0.487 e. The predicted molar refractivity (Wildman–Crippen MR) is 130 cm³/mol. The average Bonchev–Trinajstić information content (AvgIpc) is 2.66. The van der Waals surface area contributed by atoms with Crippen LogP contribution in [0, 0.1) is 0 Å². The van der Waals surface area contributed by atoms with Crippen molar-refractivity contribution in [1.29, 1.82) is 0 Å². The van der Waals surface area contributed by atoms with Crippen LogP contribution in [0.2, 0.25) is 18.1 Å². The highest BCUT2D eigenvalue weighted by atomic mass is 79.9. The van der Waals surface area contributed by atoms with E-state index in [1.54, 1.807) is 0 Å². The van der Waals surface area contributed by atoms with Crippen molar-refractivity contribution in [3.05, 3.63) is 76.1 Å². The van der Waals surface area contributed by atoms with Crippen molar-refractivity contribution in [2.45, 2.75) is 56.1 Å². The van der Waals surface area contributed by atoms with Crippen LogP contribution >= 0.6 is 15.9 Å². The van der Waals surface area contributed by atoms with Crippen molar-refractivity contribution in [2.75, 3.05) is 0 Å². The number of H-pyrrole nitrogens is 1. The van der Waals surface area contributed by atoms with Crippen LogP contribution in [-0.2, 0) is 6.61 Å². The number of alkyl halides is 1. The standard InChI is InChI=1S/C24H30BrNO3Si/c1-24(2,3)30(4,5)22(23(25)28)18-11-13-19(21-17(18)12-14-20(27)26-21)29-15-16-9-7-6-8-10-16/h6-14,22-23,28H,15H2,1-5H3,(H,26,27)/t22?,23-/m0/s1. The summed E-state index contributed by atoms with van der Waals surface area (Å²) < 4.78 is 6.08. The summed E-state index contributed by atoms with van der Waals surface area (Å²) in [6.07, 6.45) is 0. The number of hydrogen-bond donors (Lipinski definition) is 2. The molecule has 0 radical (unpaired) electrons. The third-order valence-corrected chi connectivity index (χ3v) is 13.5. The zero-order valence-electron chi connectivity index (χ0n) is 18.2. The van der Waals surface area contributed by atoms with Gasteiger partial charge < -0.3 is 14.8 Å². The van der Waals surface area contributed by atoms with Gasteiger partial charge in [-0.05, 0) is 28.3 Å². The number of aromatic nitrogens is 1. The van der Waals surface area contributed by atoms with Gasteiger partial charge in [0.05, 0.1) is 13.6 Å². The molecule has 160 valence electrons. The molecule has 30 heavy (non-hydrogen) atoms. The van der Waals surface area contributed by atoms with Gasteiger partial charge in [0.2, 0.25) is 5.56 Å². The molecule has 1 unspecified atom stereocenters. The smallest absolute Gasteiger partial charge is 0.248 e. The van der Waals surface area contributed by atoms with Crippen molar-refractivity contribution in [3.8, 4) is 5.75 Å². The van der Waals surface area contributed by atoms with E-state index in [-0.39, 0.29) is 16.1 Å². The first-order chi connectivity index (χ1) is 14.0. The average molecular weight is 488 g/mol. The topological polar surface area (TPSA) is 62.3 Å². The number of rotatable bonds is 6. The molecule has 2 N–H and O–H groups in total. The number of nitrogens with one attached hydrogen (secondary N) is 1. The Kier molecular flexibility index (Phi) is 6.60. The van der Waals surface area contributed by atoms with Gasteiger partial charge in [-0.1, -0.05) is 86.2 Å². The molecule has 0 bridgehead atoms. The van der Waals surface area contributed by atoms with E-state index in [0.717, 1.165) is 16.5 Å². The summed E-state index contributed by atoms with van der Waals surface area (Å²) in [6.45, 7) is 11.7. The minimum absolute atomic E-state index is 0.0610. The van der Waals surface area contributed by atoms with E-state index < -0.39 is 13.1 Å². The summed E-state index contributed by atoms with van der Waals surface area (Å²) in [4.78, 5) is 15.1. The van der Waals surface area contributed by atoms with Crippen LogP contribution in [0.4, 0.5) is 0 Å². The second kappa shape index (κ2) is 8.69. The van der Waals surface area contributed by atoms with E-state index in [9.17, 15) is 9.90 Å². The van der Waals surface area contributed by atoms with Crippen LogP contribution in [-0.4, -0.2) is 23.2 Å². The Morgan fingerprint density at radius 3 is 2.33 bits per heavy atom. The minimum atomic E-state index is -1.99. The maximum atomic E-state index is 12.1. The van der Waals surface area contributed by atoms with Crippen molar-refractivity contribution in [2.24, 2.45) is 0 Å². The first-order valence-electron chi connectivity index (χ1n) is 10.2. The second-order valence-electron chi connectivity index (χ2n) is 9.36. The predicted octanol–water partition coefficient (Wildman–Crippen LogP) is 5.95. The van der Waals surface area contributed by atoms with Crippen molar-refractivity contribution in [3.63, 3.8) is 0 Å². The fourth-order valence-electron chi connectivity index (χ4n) is 3.72. The summed E-state index contributed by atoms with van der Waals surface area (Å²) in [5.41, 5.74) is 2.53. The number of fused-ring (bicyclic) bond motifs is 1. The molecule has 2 aromatic carbocycles. The molecule has 1 aromatic heterocycles. The van der Waals surface area contributed by atoms with Gasteiger partial charge in [-0.15, -0.1) is 0 Å². The molecule has 0 aliphatic carbocycles. The van der Waals surface area contributed by atoms with Crippen molar-refractivity contribution in [1.82, 2.24) is 4.98 Å². The van der Waals surface area contributed by atoms with E-state index >= 15 is 0 Å². The molecule has 4 nitrogen and oxygen atoms in total. The molecule has 0 spiro atoms. The molecule has 3 aromatic rings. The summed E-state index contributed by atoms with van der Waals surface area (Å²) in [5, 5.41) is 11.1. The molecule has 0 amide bonds. The Morgan fingerprint density at radius 2 is 1.73 bits per heavy atom. The zero-order valence-corrected chi connectivity index (χ0v) is 20.8. The van der Waals surface area contributed by atoms with Gasteiger partial charge in [0, 0.05) is 17.0 Å². The summed E-state index contributed by atoms with van der Waals surface area (Å²) in [6, 6.07) is 17.3. The Hall–Kier alpha value is -1.89. The first kappa shape index (κ1) is 22.8. The van der Waals surface area contributed by atoms with Crippen LogP contribution in [0.1, 0.15) is 37.4 Å². The molecule has 0 saturated carbocycles. The van der Waals surface area contributed by atoms with E-state index in [4.69, 9.17) is 4.74 Å². The number of aliphatic hydroxyl groups excluding tert-OH is 1. The lowest BCUT2D eigenvalue weighted by Gasteiger charge is -2.44. The third-order valence-electron chi connectivity index (χ3n) is 6.45. The lowest BCUT2D eigenvalue weighted by molar-refractivity contribution is 0.259. The number of aliphatic hydroxyl groups is 1. The molecule has 6 heteroatoms. The number of halogens is 1. The lowest BCUT2D eigenvalue weighted by atomic mass is 10.0. The second-order valence-corrected chi connectivity index (χ2v) is 15.9. The highest BCUT2D eigenvalue weighted by molar-refractivity contribution is 9.09. The number of ether oxygens (including phenoxy) is 1. The molecule has 1 heterocycles. The number of benzene rings is 2. The van der Waals surface area contributed by atoms with Gasteiger partial charge in [-0.25, -0.2) is 0 Å². The van der Waals surface area contributed by atoms with Crippen molar-refractivity contribution >= 4 is 34.9 Å². The lowest BCUT2D eigenvalue weighted by Crippen LogP contribution is -2.47. The van der Waals surface area contributed by atoms with Gasteiger partial charge in [0.25, 0.3) is 0 Å². The molecule has 0 aliphatic heterocycles. The normalized spacial score (nSPS) is 14.5. The monoisotopic (exact) mass is 487 g/mol. The number of pyridine rings is 1. The van der Waals surface area contributed by atoms with Crippen LogP contribution in [0.3, 0.4) is 0 Å². The van der Waals surface area contributed by atoms with Crippen molar-refractivity contribution < 1.29 is 9.84 Å². The van der Waals surface area contributed by atoms with E-state index in [2.05, 4.69) is 54.8 Å². The quantitative estimate of drug-likeness (QED) is 0.333. The highest BCUT2D eigenvalue weighted by Gasteiger charge is 2.46. The molecule has 2 atom stereocenters. The highest BCUT2D eigenvalue weighted by Crippen LogP contribution is 2.49. The van der Waals surface area contributed by atoms with Crippen LogP contribution in [0.15, 0.2) is 59.4 Å². The Balaban J connectivity index is 2.12. The van der Waals surface area contributed by atoms with E-state index in [1.807, 2.05) is 48.5 Å². The SMILES string of the molecule is CC(C)(C)[Si](C)(C)C(c1ccc(OCc2ccccc2)c2[nH]c(=O)ccc12)[C@H](O)Br. The Morgan fingerprint density at radius 1 is 1.07 bits per heavy atom. The molecular formula is C24H30BrNO3Si. The van der Waals surface area contributed by atoms with Crippen LogP contribution in [0.5, 0.6) is 5.75 Å². The van der Waals surface area contributed by atoms with E-state index in [0.29, 0.717) is 17.9 Å². The third kappa shape index (κ3) is 4.56. The maximum Gasteiger partial charge on any atom is 0.248 e. The molecule has 0 fully saturated rings. The fourth-order valence-corrected chi connectivity index (χ4v) is 8.64. The number of hydrogen-bond acceptors (Lipinski definition) is 3. The molecule has 0 aliphatic rings. The van der Waals surface area contributed by atoms with E-state index in [1.165, 1.54) is 6.07 Å². The summed E-state index contributed by atoms with van der Waals surface area (Å²) in [5.74, 6) is 0.633. The maximum absolute atomic E-state index is 12.1. The summed E-state index contributed by atoms with van der Waals surface area (Å²) >= 11 is 3.47. The zero-order chi connectivity index (χ0) is 22.1. The van der Waals surface area contributed by atoms with Gasteiger partial charge in [-0.2, -0.15) is 0 Å². The van der Waals surface area contributed by atoms with Gasteiger partial charge in [0.1, 0.15) is 17.4 Å². The van der Waals surface area contributed by atoms with Gasteiger partial charge in [0.15, 0.2) is 0 Å². The van der Waals surface area contributed by atoms with Crippen LogP contribution in [0.25, 0.3) is 10.9 Å². The minimum Gasteiger partial charge on any atom is -0.487 e. The molecular weight excluding hydrogens is 458 g/mol. The fraction of sp³-hybridized carbons (Fsp3) is 0.375. The Bertz CT molecular complexity index is 1070. The number of aromatic amines is 1.